The van der Waals surface area contributed by atoms with Gasteiger partial charge in [-0.2, -0.15) is 0 Å². The van der Waals surface area contributed by atoms with Gasteiger partial charge in [-0.15, -0.1) is 0 Å². The molecule has 9 heteroatoms. The largest absolute Gasteiger partial charge is 0.343 e. The molecule has 0 bridgehead atoms. The van der Waals surface area contributed by atoms with Crippen molar-refractivity contribution in [3.63, 3.8) is 0 Å². The molecule has 0 N–H and O–H groups in total. The molecule has 2 atom stereocenters. The summed E-state index contributed by atoms with van der Waals surface area (Å²) in [5.74, 6) is -2.53. The number of ether oxygens (including phenoxy) is 3. The number of hydrogen-bond donors (Lipinski definition) is 0. The van der Waals surface area contributed by atoms with Crippen molar-refractivity contribution in [1.82, 2.24) is 0 Å². The quantitative estimate of drug-likeness (QED) is 0.580. The smallest absolute Gasteiger partial charge is 0.269 e. The summed E-state index contributed by atoms with van der Waals surface area (Å²) in [7, 11) is 0. The monoisotopic (exact) mass is 386 g/mol. The molecule has 9 nitrogen and oxygen atoms in total. The zero-order valence-corrected chi connectivity index (χ0v) is 15.3. The molecule has 4 rings (SSSR count). The van der Waals surface area contributed by atoms with E-state index in [0.29, 0.717) is 17.5 Å². The van der Waals surface area contributed by atoms with Crippen molar-refractivity contribution in [2.45, 2.75) is 37.4 Å². The molecule has 0 aromatic heterocycles. The van der Waals surface area contributed by atoms with E-state index >= 15 is 0 Å². The van der Waals surface area contributed by atoms with Crippen LogP contribution in [0.3, 0.4) is 0 Å². The van der Waals surface area contributed by atoms with E-state index < -0.39 is 27.0 Å². The average Bonchev–Trinajstić information content (AvgIpc) is 3.11. The van der Waals surface area contributed by atoms with Crippen molar-refractivity contribution >= 4 is 11.4 Å². The summed E-state index contributed by atoms with van der Waals surface area (Å²) in [6, 6.07) is 12.1. The molecule has 2 aliphatic heterocycles. The van der Waals surface area contributed by atoms with Gasteiger partial charge in [0.1, 0.15) is 0 Å². The second-order valence-corrected chi connectivity index (χ2v) is 7.26. The fourth-order valence-corrected chi connectivity index (χ4v) is 4.10. The normalized spacial score (nSPS) is 28.1. The molecule has 2 aromatic rings. The summed E-state index contributed by atoms with van der Waals surface area (Å²) in [4.78, 5) is 21.6. The van der Waals surface area contributed by atoms with E-state index in [9.17, 15) is 20.2 Å². The molecule has 0 amide bonds. The fourth-order valence-electron chi connectivity index (χ4n) is 4.10. The first-order valence-electron chi connectivity index (χ1n) is 8.73. The zero-order chi connectivity index (χ0) is 20.2. The first kappa shape index (κ1) is 18.5. The first-order valence-corrected chi connectivity index (χ1v) is 8.73. The van der Waals surface area contributed by atoms with Gasteiger partial charge in [-0.1, -0.05) is 24.3 Å². The van der Waals surface area contributed by atoms with Crippen molar-refractivity contribution in [1.29, 1.82) is 0 Å². The third-order valence-electron chi connectivity index (χ3n) is 5.06. The van der Waals surface area contributed by atoms with Crippen LogP contribution in [0.5, 0.6) is 0 Å². The minimum absolute atomic E-state index is 0.0833. The molecule has 2 aromatic carbocycles. The van der Waals surface area contributed by atoms with E-state index in [1.165, 1.54) is 24.3 Å². The van der Waals surface area contributed by atoms with Crippen molar-refractivity contribution in [3.8, 4) is 0 Å². The predicted octanol–water partition coefficient (Wildman–Crippen LogP) is 3.75. The van der Waals surface area contributed by atoms with Crippen LogP contribution in [0.2, 0.25) is 0 Å². The number of rotatable bonds is 4. The Kier molecular flexibility index (Phi) is 4.00. The van der Waals surface area contributed by atoms with Crippen LogP contribution in [-0.2, 0) is 25.6 Å². The van der Waals surface area contributed by atoms with Crippen LogP contribution in [0.15, 0.2) is 48.5 Å². The molecule has 146 valence electrons. The molecular weight excluding hydrogens is 368 g/mol. The van der Waals surface area contributed by atoms with E-state index in [-0.39, 0.29) is 18.0 Å². The number of benzene rings is 2. The number of fused-ring (bicyclic) bond motifs is 1. The SMILES string of the molecule is CC1(C)O[C@]2(c3cccc([N+](=O)[O-])c3)OCC[C@]2(c2cccc([N+](=O)[O-])c2)O1. The lowest BCUT2D eigenvalue weighted by Gasteiger charge is -2.36. The highest BCUT2D eigenvalue weighted by molar-refractivity contribution is 5.44. The summed E-state index contributed by atoms with van der Waals surface area (Å²) >= 11 is 0. The van der Waals surface area contributed by atoms with Gasteiger partial charge in [-0.25, -0.2) is 0 Å². The molecule has 0 aliphatic carbocycles. The average molecular weight is 386 g/mol. The number of nitro groups is 2. The van der Waals surface area contributed by atoms with Crippen molar-refractivity contribution in [3.05, 3.63) is 79.9 Å². The standard InChI is InChI=1S/C19H18N2O7/c1-17(2)27-18(13-5-3-7-15(11-13)20(22)23)9-10-26-19(18,28-17)14-6-4-8-16(12-14)21(24)25/h3-8,11-12H,9-10H2,1-2H3/t18-,19+/m1/s1. The molecule has 0 saturated carbocycles. The predicted molar refractivity (Wildman–Crippen MR) is 96.4 cm³/mol. The summed E-state index contributed by atoms with van der Waals surface area (Å²) in [6.45, 7) is 3.70. The van der Waals surface area contributed by atoms with Crippen LogP contribution < -0.4 is 0 Å². The van der Waals surface area contributed by atoms with E-state index in [1.54, 1.807) is 38.1 Å². The molecular formula is C19H18N2O7. The van der Waals surface area contributed by atoms with Crippen LogP contribution >= 0.6 is 0 Å². The van der Waals surface area contributed by atoms with Gasteiger partial charge in [0.25, 0.3) is 11.4 Å². The molecule has 2 fully saturated rings. The third-order valence-corrected chi connectivity index (χ3v) is 5.06. The molecule has 0 unspecified atom stereocenters. The van der Waals surface area contributed by atoms with Crippen molar-refractivity contribution in [2.75, 3.05) is 6.61 Å². The van der Waals surface area contributed by atoms with Crippen molar-refractivity contribution < 1.29 is 24.1 Å². The number of non-ortho nitro benzene ring substituents is 2. The maximum Gasteiger partial charge on any atom is 0.269 e. The highest BCUT2D eigenvalue weighted by Gasteiger charge is 2.69. The van der Waals surface area contributed by atoms with Crippen LogP contribution in [0, 0.1) is 20.2 Å². The Morgan fingerprint density at radius 3 is 2.07 bits per heavy atom. The molecule has 28 heavy (non-hydrogen) atoms. The molecule has 2 heterocycles. The van der Waals surface area contributed by atoms with Gasteiger partial charge in [0.05, 0.1) is 16.5 Å². The van der Waals surface area contributed by atoms with E-state index in [2.05, 4.69) is 0 Å². The van der Waals surface area contributed by atoms with E-state index in [0.717, 1.165) is 0 Å². The Balaban J connectivity index is 1.94. The number of nitrogens with zero attached hydrogens (tertiary/aromatic N) is 2. The van der Waals surface area contributed by atoms with E-state index in [4.69, 9.17) is 14.2 Å². The highest BCUT2D eigenvalue weighted by Crippen LogP contribution is 2.61. The molecule has 0 radical (unpaired) electrons. The Bertz CT molecular complexity index is 901. The van der Waals surface area contributed by atoms with Gasteiger partial charge in [-0.3, -0.25) is 20.2 Å². The Labute approximate surface area is 160 Å². The Morgan fingerprint density at radius 1 is 0.893 bits per heavy atom. The third kappa shape index (κ3) is 2.59. The fraction of sp³-hybridized carbons (Fsp3) is 0.368. The van der Waals surface area contributed by atoms with Gasteiger partial charge in [-0.05, 0) is 19.4 Å². The van der Waals surface area contributed by atoms with Crippen LogP contribution in [0.1, 0.15) is 31.4 Å². The Hall–Kier alpha value is -2.88. The van der Waals surface area contributed by atoms with E-state index in [1.807, 2.05) is 0 Å². The molecule has 2 aliphatic rings. The maximum absolute atomic E-state index is 11.3. The lowest BCUT2D eigenvalue weighted by atomic mass is 9.80. The second-order valence-electron chi connectivity index (χ2n) is 7.26. The second kappa shape index (κ2) is 6.06. The minimum Gasteiger partial charge on any atom is -0.343 e. The van der Waals surface area contributed by atoms with Gasteiger partial charge >= 0.3 is 0 Å². The van der Waals surface area contributed by atoms with Gasteiger partial charge in [0, 0.05) is 36.2 Å². The van der Waals surface area contributed by atoms with Crippen LogP contribution in [0.4, 0.5) is 11.4 Å². The Morgan fingerprint density at radius 2 is 1.46 bits per heavy atom. The van der Waals surface area contributed by atoms with Gasteiger partial charge in [0.15, 0.2) is 11.4 Å². The van der Waals surface area contributed by atoms with Gasteiger partial charge < -0.3 is 14.2 Å². The lowest BCUT2D eigenvalue weighted by Crippen LogP contribution is -2.43. The summed E-state index contributed by atoms with van der Waals surface area (Å²) in [5, 5.41) is 22.6. The number of hydrogen-bond acceptors (Lipinski definition) is 7. The maximum atomic E-state index is 11.3. The zero-order valence-electron chi connectivity index (χ0n) is 15.3. The van der Waals surface area contributed by atoms with Crippen LogP contribution in [-0.4, -0.2) is 22.2 Å². The molecule has 0 spiro atoms. The number of nitro benzene ring substituents is 2. The minimum atomic E-state index is -1.46. The summed E-state index contributed by atoms with van der Waals surface area (Å²) < 4.78 is 18.5. The summed E-state index contributed by atoms with van der Waals surface area (Å²) in [5.41, 5.74) is -0.422. The first-order chi connectivity index (χ1) is 13.2. The summed E-state index contributed by atoms with van der Waals surface area (Å²) in [6.07, 6.45) is 0.375. The van der Waals surface area contributed by atoms with Crippen LogP contribution in [0.25, 0.3) is 0 Å². The van der Waals surface area contributed by atoms with Crippen molar-refractivity contribution in [2.24, 2.45) is 0 Å². The topological polar surface area (TPSA) is 114 Å². The molecule has 2 saturated heterocycles. The highest BCUT2D eigenvalue weighted by atomic mass is 16.9. The van der Waals surface area contributed by atoms with Gasteiger partial charge in [0.2, 0.25) is 5.79 Å². The lowest BCUT2D eigenvalue weighted by molar-refractivity contribution is -0.385.